The molecule has 0 radical (unpaired) electrons. The predicted molar refractivity (Wildman–Crippen MR) is 96.6 cm³/mol. The van der Waals surface area contributed by atoms with Crippen LogP contribution in [0.15, 0.2) is 48.5 Å². The zero-order valence-electron chi connectivity index (χ0n) is 14.5. The van der Waals surface area contributed by atoms with Crippen molar-refractivity contribution in [2.24, 2.45) is 0 Å². The zero-order chi connectivity index (χ0) is 16.8. The Morgan fingerprint density at radius 3 is 2.30 bits per heavy atom. The Bertz CT molecular complexity index is 649. The van der Waals surface area contributed by atoms with Crippen LogP contribution in [0.4, 0.5) is 5.69 Å². The Balaban J connectivity index is 1.96. The summed E-state index contributed by atoms with van der Waals surface area (Å²) < 4.78 is 0. The van der Waals surface area contributed by atoms with Crippen molar-refractivity contribution in [3.05, 3.63) is 65.2 Å². The van der Waals surface area contributed by atoms with Crippen LogP contribution in [0.3, 0.4) is 0 Å². The summed E-state index contributed by atoms with van der Waals surface area (Å²) >= 11 is 0. The second kappa shape index (κ2) is 7.93. The fraction of sp³-hybridized carbons (Fsp3) is 0.350. The van der Waals surface area contributed by atoms with Gasteiger partial charge in [0.1, 0.15) is 0 Å². The topological polar surface area (TPSA) is 32.3 Å². The minimum absolute atomic E-state index is 0.0204. The lowest BCUT2D eigenvalue weighted by Crippen LogP contribution is -2.39. The van der Waals surface area contributed by atoms with Crippen LogP contribution >= 0.6 is 0 Å². The van der Waals surface area contributed by atoms with Crippen LogP contribution in [0.25, 0.3) is 0 Å². The number of anilines is 1. The van der Waals surface area contributed by atoms with E-state index in [0.29, 0.717) is 0 Å². The number of nitrogens with one attached hydrogen (secondary N) is 1. The van der Waals surface area contributed by atoms with Gasteiger partial charge in [-0.2, -0.15) is 0 Å². The van der Waals surface area contributed by atoms with Gasteiger partial charge in [0.15, 0.2) is 0 Å². The molecule has 1 atom stereocenters. The van der Waals surface area contributed by atoms with Gasteiger partial charge in [0, 0.05) is 12.2 Å². The number of rotatable bonds is 6. The molecule has 1 unspecified atom stereocenters. The molecule has 2 aromatic rings. The summed E-state index contributed by atoms with van der Waals surface area (Å²) in [5.41, 5.74) is 4.51. The van der Waals surface area contributed by atoms with Gasteiger partial charge < -0.3 is 5.32 Å². The maximum absolute atomic E-state index is 12.4. The normalized spacial score (nSPS) is 12.2. The van der Waals surface area contributed by atoms with Crippen molar-refractivity contribution >= 4 is 11.6 Å². The molecule has 23 heavy (non-hydrogen) atoms. The van der Waals surface area contributed by atoms with E-state index in [1.807, 2.05) is 45.2 Å². The minimum atomic E-state index is -0.194. The van der Waals surface area contributed by atoms with E-state index in [4.69, 9.17) is 0 Å². The van der Waals surface area contributed by atoms with Crippen molar-refractivity contribution in [1.82, 2.24) is 4.90 Å². The van der Waals surface area contributed by atoms with Crippen LogP contribution in [0.1, 0.15) is 30.5 Å². The Labute approximate surface area is 139 Å². The largest absolute Gasteiger partial charge is 0.324 e. The first-order chi connectivity index (χ1) is 11.0. The average Bonchev–Trinajstić information content (AvgIpc) is 2.56. The van der Waals surface area contributed by atoms with Gasteiger partial charge >= 0.3 is 0 Å². The van der Waals surface area contributed by atoms with Crippen molar-refractivity contribution in [2.75, 3.05) is 12.4 Å². The Hall–Kier alpha value is -2.13. The standard InChI is InChI=1S/C20H26N2O/c1-5-17-10-12-18(13-11-17)14-22(4)16(3)20(23)21-19-9-7-6-8-15(19)2/h6-13,16H,5,14H2,1-4H3,(H,21,23). The number of hydrogen-bond donors (Lipinski definition) is 1. The van der Waals surface area contributed by atoms with E-state index < -0.39 is 0 Å². The summed E-state index contributed by atoms with van der Waals surface area (Å²) in [5, 5.41) is 3.01. The second-order valence-electron chi connectivity index (χ2n) is 6.07. The number of amides is 1. The van der Waals surface area contributed by atoms with Crippen molar-refractivity contribution in [3.8, 4) is 0 Å². The van der Waals surface area contributed by atoms with E-state index in [1.165, 1.54) is 11.1 Å². The third-order valence-electron chi connectivity index (χ3n) is 4.31. The molecular weight excluding hydrogens is 284 g/mol. The van der Waals surface area contributed by atoms with Gasteiger partial charge in [0.25, 0.3) is 0 Å². The molecule has 122 valence electrons. The summed E-state index contributed by atoms with van der Waals surface area (Å²) in [7, 11) is 1.98. The van der Waals surface area contributed by atoms with Crippen LogP contribution in [-0.2, 0) is 17.8 Å². The van der Waals surface area contributed by atoms with E-state index in [1.54, 1.807) is 0 Å². The summed E-state index contributed by atoms with van der Waals surface area (Å²) in [6.45, 7) is 6.85. The maximum atomic E-state index is 12.4. The lowest BCUT2D eigenvalue weighted by Gasteiger charge is -2.24. The number of para-hydroxylation sites is 1. The highest BCUT2D eigenvalue weighted by Crippen LogP contribution is 2.15. The Morgan fingerprint density at radius 2 is 1.70 bits per heavy atom. The molecule has 3 nitrogen and oxygen atoms in total. The molecule has 3 heteroatoms. The predicted octanol–water partition coefficient (Wildman–Crippen LogP) is 4.02. The smallest absolute Gasteiger partial charge is 0.241 e. The molecule has 0 fully saturated rings. The van der Waals surface area contributed by atoms with Crippen LogP contribution in [0, 0.1) is 6.92 Å². The van der Waals surface area contributed by atoms with Crippen LogP contribution < -0.4 is 5.32 Å². The number of likely N-dealkylation sites (N-methyl/N-ethyl adjacent to an activating group) is 1. The first-order valence-corrected chi connectivity index (χ1v) is 8.15. The molecule has 0 aromatic heterocycles. The molecule has 0 heterocycles. The Morgan fingerprint density at radius 1 is 1.09 bits per heavy atom. The molecule has 0 spiro atoms. The van der Waals surface area contributed by atoms with Crippen molar-refractivity contribution in [2.45, 2.75) is 39.8 Å². The molecule has 0 aliphatic rings. The highest BCUT2D eigenvalue weighted by molar-refractivity contribution is 5.95. The van der Waals surface area contributed by atoms with Crippen molar-refractivity contribution in [1.29, 1.82) is 0 Å². The van der Waals surface area contributed by atoms with Crippen LogP contribution in [0.2, 0.25) is 0 Å². The number of carbonyl (C=O) groups excluding carboxylic acids is 1. The molecule has 0 aliphatic carbocycles. The van der Waals surface area contributed by atoms with Gasteiger partial charge in [-0.25, -0.2) is 0 Å². The van der Waals surface area contributed by atoms with Gasteiger partial charge in [-0.15, -0.1) is 0 Å². The van der Waals surface area contributed by atoms with E-state index in [2.05, 4.69) is 41.4 Å². The van der Waals surface area contributed by atoms with Crippen molar-refractivity contribution in [3.63, 3.8) is 0 Å². The summed E-state index contributed by atoms with van der Waals surface area (Å²) in [5.74, 6) is 0.0204. The summed E-state index contributed by atoms with van der Waals surface area (Å²) in [4.78, 5) is 14.5. The molecule has 0 saturated carbocycles. The molecule has 1 N–H and O–H groups in total. The average molecular weight is 310 g/mol. The molecule has 0 saturated heterocycles. The second-order valence-corrected chi connectivity index (χ2v) is 6.07. The van der Waals surface area contributed by atoms with Crippen LogP contribution in [0.5, 0.6) is 0 Å². The van der Waals surface area contributed by atoms with E-state index in [9.17, 15) is 4.79 Å². The number of hydrogen-bond acceptors (Lipinski definition) is 2. The lowest BCUT2D eigenvalue weighted by atomic mass is 10.1. The molecule has 2 aromatic carbocycles. The third-order valence-corrected chi connectivity index (χ3v) is 4.31. The molecule has 0 bridgehead atoms. The molecular formula is C20H26N2O. The number of benzene rings is 2. The maximum Gasteiger partial charge on any atom is 0.241 e. The number of aryl methyl sites for hydroxylation is 2. The quantitative estimate of drug-likeness (QED) is 0.874. The summed E-state index contributed by atoms with van der Waals surface area (Å²) in [6, 6.07) is 16.2. The number of carbonyl (C=O) groups is 1. The highest BCUT2D eigenvalue weighted by Gasteiger charge is 2.18. The van der Waals surface area contributed by atoms with E-state index in [-0.39, 0.29) is 11.9 Å². The first kappa shape index (κ1) is 17.2. The van der Waals surface area contributed by atoms with Gasteiger partial charge in [-0.3, -0.25) is 9.69 Å². The highest BCUT2D eigenvalue weighted by atomic mass is 16.2. The van der Waals surface area contributed by atoms with Gasteiger partial charge in [0.2, 0.25) is 5.91 Å². The Kier molecular flexibility index (Phi) is 5.94. The van der Waals surface area contributed by atoms with Gasteiger partial charge in [-0.1, -0.05) is 49.4 Å². The fourth-order valence-corrected chi connectivity index (χ4v) is 2.46. The lowest BCUT2D eigenvalue weighted by molar-refractivity contribution is -0.120. The van der Waals surface area contributed by atoms with Gasteiger partial charge in [0.05, 0.1) is 6.04 Å². The number of nitrogens with zero attached hydrogens (tertiary/aromatic N) is 1. The molecule has 1 amide bonds. The fourth-order valence-electron chi connectivity index (χ4n) is 2.46. The molecule has 0 aliphatic heterocycles. The molecule has 2 rings (SSSR count). The van der Waals surface area contributed by atoms with Crippen LogP contribution in [-0.4, -0.2) is 23.9 Å². The van der Waals surface area contributed by atoms with Gasteiger partial charge in [-0.05, 0) is 50.1 Å². The van der Waals surface area contributed by atoms with Crippen molar-refractivity contribution < 1.29 is 4.79 Å². The monoisotopic (exact) mass is 310 g/mol. The first-order valence-electron chi connectivity index (χ1n) is 8.15. The summed E-state index contributed by atoms with van der Waals surface area (Å²) in [6.07, 6.45) is 1.05. The minimum Gasteiger partial charge on any atom is -0.324 e. The van der Waals surface area contributed by atoms with E-state index in [0.717, 1.165) is 24.2 Å². The van der Waals surface area contributed by atoms with E-state index >= 15 is 0 Å². The SMILES string of the molecule is CCc1ccc(CN(C)C(C)C(=O)Nc2ccccc2C)cc1. The zero-order valence-corrected chi connectivity index (χ0v) is 14.5. The third kappa shape index (κ3) is 4.67.